The number of nitrogens with one attached hydrogen (secondary N) is 1. The lowest BCUT2D eigenvalue weighted by Gasteiger charge is -2.29. The highest BCUT2D eigenvalue weighted by atomic mass is 14.9. The van der Waals surface area contributed by atoms with Crippen LogP contribution in [-0.4, -0.2) is 17.6 Å². The second kappa shape index (κ2) is 7.64. The lowest BCUT2D eigenvalue weighted by Crippen LogP contribution is -2.35. The van der Waals surface area contributed by atoms with Crippen LogP contribution in [0.3, 0.4) is 0 Å². The van der Waals surface area contributed by atoms with Crippen LogP contribution >= 0.6 is 0 Å². The molecule has 0 aliphatic heterocycles. The quantitative estimate of drug-likeness (QED) is 0.842. The molecular formula is C17H28N2. The van der Waals surface area contributed by atoms with E-state index in [-0.39, 0.29) is 0 Å². The summed E-state index contributed by atoms with van der Waals surface area (Å²) in [6.07, 6.45) is 11.0. The van der Waals surface area contributed by atoms with E-state index in [9.17, 15) is 0 Å². The number of hydrogen-bond donors (Lipinski definition) is 1. The maximum Gasteiger partial charge on any atom is 0.0406 e. The van der Waals surface area contributed by atoms with E-state index in [0.717, 1.165) is 24.8 Å². The molecule has 1 saturated carbocycles. The lowest BCUT2D eigenvalue weighted by atomic mass is 9.83. The molecule has 1 aromatic rings. The summed E-state index contributed by atoms with van der Waals surface area (Å²) in [6, 6.07) is 5.20. The molecule has 0 spiro atoms. The first-order valence-corrected chi connectivity index (χ1v) is 7.99. The predicted octanol–water partition coefficient (Wildman–Crippen LogP) is 3.74. The van der Waals surface area contributed by atoms with Gasteiger partial charge in [0.2, 0.25) is 0 Å². The van der Waals surface area contributed by atoms with Crippen LogP contribution < -0.4 is 5.32 Å². The zero-order chi connectivity index (χ0) is 13.5. The van der Waals surface area contributed by atoms with E-state index in [2.05, 4.69) is 36.3 Å². The van der Waals surface area contributed by atoms with Gasteiger partial charge in [-0.2, -0.15) is 0 Å². The average Bonchev–Trinajstić information content (AvgIpc) is 2.46. The molecule has 1 fully saturated rings. The van der Waals surface area contributed by atoms with Crippen LogP contribution in [0.1, 0.15) is 57.2 Å². The molecule has 0 aromatic carbocycles. The second-order valence-electron chi connectivity index (χ2n) is 5.90. The molecule has 2 heteroatoms. The fourth-order valence-corrected chi connectivity index (χ4v) is 3.09. The Balaban J connectivity index is 1.83. The van der Waals surface area contributed by atoms with Crippen molar-refractivity contribution < 1.29 is 0 Å². The summed E-state index contributed by atoms with van der Waals surface area (Å²) in [4.78, 5) is 4.61. The van der Waals surface area contributed by atoms with Crippen molar-refractivity contribution in [2.24, 2.45) is 5.92 Å². The standard InChI is InChI=1S/C17H28N2/c1-3-10-18-16-7-5-6-15(11-16)12-17-9-8-14(4-2)13-19-17/h8-9,13,15-16,18H,3-7,10-12H2,1-2H3. The number of pyridine rings is 1. The van der Waals surface area contributed by atoms with Gasteiger partial charge in [-0.1, -0.05) is 26.3 Å². The highest BCUT2D eigenvalue weighted by Crippen LogP contribution is 2.27. The Bertz CT molecular complexity index is 358. The minimum atomic E-state index is 0.744. The first kappa shape index (κ1) is 14.5. The molecule has 106 valence electrons. The number of nitrogens with zero attached hydrogens (tertiary/aromatic N) is 1. The topological polar surface area (TPSA) is 24.9 Å². The second-order valence-corrected chi connectivity index (χ2v) is 5.90. The van der Waals surface area contributed by atoms with Crippen LogP contribution in [-0.2, 0) is 12.8 Å². The Labute approximate surface area is 118 Å². The molecule has 1 aromatic heterocycles. The van der Waals surface area contributed by atoms with Crippen LogP contribution in [0.15, 0.2) is 18.3 Å². The van der Waals surface area contributed by atoms with Gasteiger partial charge in [-0.15, -0.1) is 0 Å². The Kier molecular flexibility index (Phi) is 5.84. The molecule has 2 unspecified atom stereocenters. The molecule has 0 radical (unpaired) electrons. The van der Waals surface area contributed by atoms with E-state index in [1.54, 1.807) is 0 Å². The fourth-order valence-electron chi connectivity index (χ4n) is 3.09. The minimum absolute atomic E-state index is 0.744. The summed E-state index contributed by atoms with van der Waals surface area (Å²) in [6.45, 7) is 5.59. The molecular weight excluding hydrogens is 232 g/mol. The summed E-state index contributed by atoms with van der Waals surface area (Å²) in [5, 5.41) is 3.68. The summed E-state index contributed by atoms with van der Waals surface area (Å²) >= 11 is 0. The van der Waals surface area contributed by atoms with E-state index < -0.39 is 0 Å². The summed E-state index contributed by atoms with van der Waals surface area (Å²) in [5.74, 6) is 0.822. The van der Waals surface area contributed by atoms with Crippen LogP contribution in [0.4, 0.5) is 0 Å². The molecule has 0 amide bonds. The smallest absolute Gasteiger partial charge is 0.0406 e. The largest absolute Gasteiger partial charge is 0.314 e. The minimum Gasteiger partial charge on any atom is -0.314 e. The van der Waals surface area contributed by atoms with Crippen molar-refractivity contribution in [2.45, 2.75) is 64.8 Å². The van der Waals surface area contributed by atoms with Crippen LogP contribution in [0, 0.1) is 5.92 Å². The highest BCUT2D eigenvalue weighted by Gasteiger charge is 2.21. The summed E-state index contributed by atoms with van der Waals surface area (Å²) in [5.41, 5.74) is 2.62. The number of hydrogen-bond acceptors (Lipinski definition) is 2. The zero-order valence-corrected chi connectivity index (χ0v) is 12.5. The molecule has 2 rings (SSSR count). The Hall–Kier alpha value is -0.890. The van der Waals surface area contributed by atoms with Gasteiger partial charge >= 0.3 is 0 Å². The maximum atomic E-state index is 4.61. The van der Waals surface area contributed by atoms with E-state index >= 15 is 0 Å². The monoisotopic (exact) mass is 260 g/mol. The Morgan fingerprint density at radius 1 is 1.26 bits per heavy atom. The van der Waals surface area contributed by atoms with Crippen molar-refractivity contribution in [3.63, 3.8) is 0 Å². The van der Waals surface area contributed by atoms with E-state index in [0.29, 0.717) is 0 Å². The fraction of sp³-hybridized carbons (Fsp3) is 0.706. The van der Waals surface area contributed by atoms with E-state index in [1.165, 1.54) is 49.9 Å². The third-order valence-corrected chi connectivity index (χ3v) is 4.26. The van der Waals surface area contributed by atoms with Crippen LogP contribution in [0.2, 0.25) is 0 Å². The van der Waals surface area contributed by atoms with Gasteiger partial charge in [0, 0.05) is 17.9 Å². The SMILES string of the molecule is CCCNC1CCCC(Cc2ccc(CC)cn2)C1. The molecule has 2 nitrogen and oxygen atoms in total. The lowest BCUT2D eigenvalue weighted by molar-refractivity contribution is 0.283. The van der Waals surface area contributed by atoms with Crippen LogP contribution in [0.5, 0.6) is 0 Å². The molecule has 1 N–H and O–H groups in total. The number of aromatic nitrogens is 1. The summed E-state index contributed by atoms with van der Waals surface area (Å²) < 4.78 is 0. The first-order chi connectivity index (χ1) is 9.31. The average molecular weight is 260 g/mol. The van der Waals surface area contributed by atoms with Gasteiger partial charge in [0.05, 0.1) is 0 Å². The van der Waals surface area contributed by atoms with Crippen molar-refractivity contribution in [1.82, 2.24) is 10.3 Å². The molecule has 2 atom stereocenters. The molecule has 1 aliphatic carbocycles. The van der Waals surface area contributed by atoms with Gasteiger partial charge in [-0.05, 0) is 62.6 Å². The molecule has 1 heterocycles. The van der Waals surface area contributed by atoms with Gasteiger partial charge in [-0.25, -0.2) is 0 Å². The maximum absolute atomic E-state index is 4.61. The summed E-state index contributed by atoms with van der Waals surface area (Å²) in [7, 11) is 0. The molecule has 0 bridgehead atoms. The van der Waals surface area contributed by atoms with Crippen molar-refractivity contribution >= 4 is 0 Å². The predicted molar refractivity (Wildman–Crippen MR) is 81.4 cm³/mol. The van der Waals surface area contributed by atoms with Crippen molar-refractivity contribution in [2.75, 3.05) is 6.54 Å². The van der Waals surface area contributed by atoms with Crippen molar-refractivity contribution in [3.05, 3.63) is 29.6 Å². The third kappa shape index (κ3) is 4.61. The molecule has 19 heavy (non-hydrogen) atoms. The first-order valence-electron chi connectivity index (χ1n) is 7.99. The Morgan fingerprint density at radius 3 is 2.84 bits per heavy atom. The molecule has 1 aliphatic rings. The van der Waals surface area contributed by atoms with Gasteiger partial charge in [-0.3, -0.25) is 4.98 Å². The number of rotatable bonds is 6. The number of aryl methyl sites for hydroxylation is 1. The molecule has 0 saturated heterocycles. The van der Waals surface area contributed by atoms with Crippen molar-refractivity contribution in [1.29, 1.82) is 0 Å². The Morgan fingerprint density at radius 2 is 2.16 bits per heavy atom. The van der Waals surface area contributed by atoms with Gasteiger partial charge in [0.1, 0.15) is 0 Å². The van der Waals surface area contributed by atoms with Crippen molar-refractivity contribution in [3.8, 4) is 0 Å². The van der Waals surface area contributed by atoms with E-state index in [4.69, 9.17) is 0 Å². The van der Waals surface area contributed by atoms with Gasteiger partial charge < -0.3 is 5.32 Å². The van der Waals surface area contributed by atoms with Gasteiger partial charge in [0.25, 0.3) is 0 Å². The zero-order valence-electron chi connectivity index (χ0n) is 12.5. The third-order valence-electron chi connectivity index (χ3n) is 4.26. The van der Waals surface area contributed by atoms with Crippen LogP contribution in [0.25, 0.3) is 0 Å². The van der Waals surface area contributed by atoms with Gasteiger partial charge in [0.15, 0.2) is 0 Å². The van der Waals surface area contributed by atoms with E-state index in [1.807, 2.05) is 6.20 Å². The normalized spacial score (nSPS) is 23.5. The highest BCUT2D eigenvalue weighted by molar-refractivity contribution is 5.14.